The first kappa shape index (κ1) is 15.8. The van der Waals surface area contributed by atoms with E-state index in [1.54, 1.807) is 0 Å². The van der Waals surface area contributed by atoms with Crippen LogP contribution >= 0.6 is 23.2 Å². The molecule has 1 saturated carbocycles. The predicted octanol–water partition coefficient (Wildman–Crippen LogP) is 1.05. The number of hydrogen-bond donors (Lipinski definition) is 3. The van der Waals surface area contributed by atoms with Crippen molar-refractivity contribution in [3.8, 4) is 0 Å². The van der Waals surface area contributed by atoms with E-state index in [-0.39, 0.29) is 26.7 Å². The van der Waals surface area contributed by atoms with Crippen LogP contribution in [0.2, 0.25) is 10.0 Å². The van der Waals surface area contributed by atoms with Gasteiger partial charge < -0.3 is 0 Å². The fourth-order valence-corrected chi connectivity index (χ4v) is 4.01. The van der Waals surface area contributed by atoms with Crippen LogP contribution in [-0.4, -0.2) is 22.9 Å². The zero-order valence-electron chi connectivity index (χ0n) is 9.93. The molecule has 11 heteroatoms. The van der Waals surface area contributed by atoms with Gasteiger partial charge >= 0.3 is 0 Å². The van der Waals surface area contributed by atoms with Gasteiger partial charge in [-0.2, -0.15) is 13.1 Å². The van der Waals surface area contributed by atoms with E-state index in [0.717, 1.165) is 25.0 Å². The van der Waals surface area contributed by atoms with Gasteiger partial charge in [-0.3, -0.25) is 4.72 Å². The minimum absolute atomic E-state index is 0.0891. The van der Waals surface area contributed by atoms with Crippen molar-refractivity contribution in [2.24, 2.45) is 5.14 Å². The lowest BCUT2D eigenvalue weighted by Crippen LogP contribution is -2.32. The monoisotopic (exact) mass is 359 g/mol. The third kappa shape index (κ3) is 3.96. The molecule has 2 rings (SSSR count). The maximum Gasteiger partial charge on any atom is 0.299 e. The molecule has 0 aromatic heterocycles. The Morgan fingerprint density at radius 3 is 2.00 bits per heavy atom. The zero-order valence-corrected chi connectivity index (χ0v) is 13.1. The number of anilines is 1. The minimum Gasteiger partial charge on any atom is -0.268 e. The summed E-state index contributed by atoms with van der Waals surface area (Å²) in [7, 11) is -7.79. The third-order valence-corrected chi connectivity index (χ3v) is 5.09. The van der Waals surface area contributed by atoms with Crippen LogP contribution in [0.3, 0.4) is 0 Å². The van der Waals surface area contributed by atoms with E-state index in [0.29, 0.717) is 0 Å². The van der Waals surface area contributed by atoms with Crippen LogP contribution in [0, 0.1) is 0 Å². The Kier molecular flexibility index (Phi) is 4.20. The summed E-state index contributed by atoms with van der Waals surface area (Å²) in [4.78, 5) is -0.300. The van der Waals surface area contributed by atoms with Crippen molar-refractivity contribution in [3.05, 3.63) is 22.2 Å². The number of sulfonamides is 1. The van der Waals surface area contributed by atoms with Crippen LogP contribution in [0.4, 0.5) is 5.69 Å². The van der Waals surface area contributed by atoms with E-state index in [2.05, 4.69) is 9.44 Å². The number of nitrogens with one attached hydrogen (secondary N) is 2. The summed E-state index contributed by atoms with van der Waals surface area (Å²) >= 11 is 11.7. The summed E-state index contributed by atoms with van der Waals surface area (Å²) in [6.45, 7) is 0. The Balaban J connectivity index is 2.33. The Hall–Kier alpha value is -0.580. The van der Waals surface area contributed by atoms with Gasteiger partial charge in [-0.1, -0.05) is 23.2 Å². The molecule has 1 aromatic rings. The molecular formula is C9H11Cl2N3O4S2. The van der Waals surface area contributed by atoms with Crippen molar-refractivity contribution in [1.82, 2.24) is 4.72 Å². The molecule has 7 nitrogen and oxygen atoms in total. The summed E-state index contributed by atoms with van der Waals surface area (Å²) in [5.74, 6) is 0. The Bertz CT molecular complexity index is 721. The van der Waals surface area contributed by atoms with Gasteiger partial charge in [-0.05, 0) is 25.0 Å². The predicted molar refractivity (Wildman–Crippen MR) is 76.5 cm³/mol. The number of rotatable bonds is 5. The fourth-order valence-electron chi connectivity index (χ4n) is 1.40. The summed E-state index contributed by atoms with van der Waals surface area (Å²) in [5.41, 5.74) is -0.103. The first-order valence-electron chi connectivity index (χ1n) is 5.40. The highest BCUT2D eigenvalue weighted by atomic mass is 35.5. The average molecular weight is 360 g/mol. The van der Waals surface area contributed by atoms with Gasteiger partial charge in [0.15, 0.2) is 0 Å². The van der Waals surface area contributed by atoms with Gasteiger partial charge in [0.05, 0.1) is 20.6 Å². The van der Waals surface area contributed by atoms with Crippen LogP contribution in [0.25, 0.3) is 0 Å². The quantitative estimate of drug-likeness (QED) is 0.727. The number of primary sulfonamides is 1. The van der Waals surface area contributed by atoms with E-state index in [1.807, 2.05) is 0 Å². The third-order valence-electron chi connectivity index (χ3n) is 2.48. The molecule has 112 valence electrons. The van der Waals surface area contributed by atoms with Crippen molar-refractivity contribution < 1.29 is 16.8 Å². The van der Waals surface area contributed by atoms with Gasteiger partial charge in [0.25, 0.3) is 10.2 Å². The smallest absolute Gasteiger partial charge is 0.268 e. The highest BCUT2D eigenvalue weighted by Crippen LogP contribution is 2.34. The molecule has 20 heavy (non-hydrogen) atoms. The number of hydrogen-bond acceptors (Lipinski definition) is 4. The topological polar surface area (TPSA) is 118 Å². The molecule has 1 aromatic carbocycles. The molecule has 0 aliphatic heterocycles. The molecule has 1 aliphatic rings. The Labute approximate surface area is 126 Å². The van der Waals surface area contributed by atoms with E-state index < -0.39 is 20.2 Å². The second-order valence-corrected chi connectivity index (χ2v) is 8.13. The lowest BCUT2D eigenvalue weighted by atomic mass is 10.3. The lowest BCUT2D eigenvalue weighted by Gasteiger charge is -2.12. The lowest BCUT2D eigenvalue weighted by molar-refractivity contribution is 0.586. The molecule has 0 heterocycles. The molecular weight excluding hydrogens is 349 g/mol. The maximum absolute atomic E-state index is 11.8. The largest absolute Gasteiger partial charge is 0.299 e. The first-order chi connectivity index (χ1) is 9.08. The first-order valence-corrected chi connectivity index (χ1v) is 9.19. The molecule has 0 unspecified atom stereocenters. The number of benzene rings is 1. The van der Waals surface area contributed by atoms with Crippen molar-refractivity contribution in [2.45, 2.75) is 23.8 Å². The van der Waals surface area contributed by atoms with Crippen molar-refractivity contribution in [1.29, 1.82) is 0 Å². The van der Waals surface area contributed by atoms with Crippen molar-refractivity contribution in [3.63, 3.8) is 0 Å². The number of nitrogens with two attached hydrogens (primary N) is 1. The molecule has 0 amide bonds. The molecule has 0 bridgehead atoms. The van der Waals surface area contributed by atoms with Crippen molar-refractivity contribution in [2.75, 3.05) is 4.72 Å². The van der Waals surface area contributed by atoms with Crippen LogP contribution in [0.15, 0.2) is 17.0 Å². The van der Waals surface area contributed by atoms with Crippen LogP contribution in [-0.2, 0) is 20.2 Å². The standard InChI is InChI=1S/C9H11Cl2N3O4S2/c10-7-3-6(19(12,15)16)4-8(11)9(7)14-20(17,18)13-5-1-2-5/h3-5,13-14H,1-2H2,(H2,12,15,16). The van der Waals surface area contributed by atoms with Crippen LogP contribution < -0.4 is 14.6 Å². The van der Waals surface area contributed by atoms with Gasteiger partial charge in [0, 0.05) is 6.04 Å². The molecule has 1 fully saturated rings. The van der Waals surface area contributed by atoms with Gasteiger partial charge in [-0.25, -0.2) is 13.6 Å². The van der Waals surface area contributed by atoms with Gasteiger partial charge in [0.1, 0.15) is 0 Å². The SMILES string of the molecule is NS(=O)(=O)c1cc(Cl)c(NS(=O)(=O)NC2CC2)c(Cl)c1. The summed E-state index contributed by atoms with van der Waals surface area (Å²) in [6.07, 6.45) is 1.54. The normalized spacial score (nSPS) is 16.1. The summed E-state index contributed by atoms with van der Waals surface area (Å²) in [6, 6.07) is 1.96. The van der Waals surface area contributed by atoms with E-state index in [1.165, 1.54) is 0 Å². The molecule has 1 aliphatic carbocycles. The fraction of sp³-hybridized carbons (Fsp3) is 0.333. The van der Waals surface area contributed by atoms with E-state index in [9.17, 15) is 16.8 Å². The molecule has 0 atom stereocenters. The van der Waals surface area contributed by atoms with Crippen LogP contribution in [0.5, 0.6) is 0 Å². The average Bonchev–Trinajstić information content (AvgIpc) is 3.05. The van der Waals surface area contributed by atoms with E-state index in [4.69, 9.17) is 28.3 Å². The zero-order chi connectivity index (χ0) is 15.1. The Morgan fingerprint density at radius 1 is 1.10 bits per heavy atom. The number of halogens is 2. The van der Waals surface area contributed by atoms with E-state index >= 15 is 0 Å². The minimum atomic E-state index is -3.98. The van der Waals surface area contributed by atoms with Crippen molar-refractivity contribution >= 4 is 49.1 Å². The summed E-state index contributed by atoms with van der Waals surface area (Å²) < 4.78 is 50.4. The molecule has 4 N–H and O–H groups in total. The highest BCUT2D eigenvalue weighted by molar-refractivity contribution is 7.90. The molecule has 0 saturated heterocycles. The Morgan fingerprint density at radius 2 is 1.60 bits per heavy atom. The second kappa shape index (κ2) is 5.32. The maximum atomic E-state index is 11.8. The van der Waals surface area contributed by atoms with Crippen LogP contribution in [0.1, 0.15) is 12.8 Å². The highest BCUT2D eigenvalue weighted by Gasteiger charge is 2.28. The molecule has 0 spiro atoms. The summed E-state index contributed by atoms with van der Waals surface area (Å²) in [5, 5.41) is 4.62. The molecule has 0 radical (unpaired) electrons. The van der Waals surface area contributed by atoms with Gasteiger partial charge in [-0.15, -0.1) is 0 Å². The van der Waals surface area contributed by atoms with Gasteiger partial charge in [0.2, 0.25) is 10.0 Å². The second-order valence-electron chi connectivity index (χ2n) is 4.30.